The van der Waals surface area contributed by atoms with Crippen LogP contribution < -0.4 is 15.5 Å². The van der Waals surface area contributed by atoms with Crippen molar-refractivity contribution in [3.63, 3.8) is 0 Å². The molecule has 0 aromatic carbocycles. The molecule has 1 aromatic rings. The highest BCUT2D eigenvalue weighted by atomic mass is 16.1. The Bertz CT molecular complexity index is 455. The Balaban J connectivity index is 2.17. The summed E-state index contributed by atoms with van der Waals surface area (Å²) in [6, 6.07) is 4.76. The second-order valence-corrected chi connectivity index (χ2v) is 5.52. The lowest BCUT2D eigenvalue weighted by molar-refractivity contribution is 0.0958. The van der Waals surface area contributed by atoms with E-state index in [1.165, 1.54) is 12.8 Å². The zero-order chi connectivity index (χ0) is 14.5. The zero-order valence-electron chi connectivity index (χ0n) is 12.5. The van der Waals surface area contributed by atoms with Crippen molar-refractivity contribution in [3.05, 3.63) is 24.0 Å². The molecule has 0 bridgehead atoms. The average molecular weight is 276 g/mol. The molecule has 1 aliphatic rings. The minimum absolute atomic E-state index is 0.144. The number of carbonyl (C=O) groups excluding carboxylic acids is 1. The van der Waals surface area contributed by atoms with Crippen molar-refractivity contribution in [1.29, 1.82) is 0 Å². The molecule has 20 heavy (non-hydrogen) atoms. The molecule has 0 aliphatic carbocycles. The molecule has 0 spiro atoms. The number of nitrogens with one attached hydrogen (secondary N) is 2. The molecule has 0 radical (unpaired) electrons. The Morgan fingerprint density at radius 2 is 2.40 bits per heavy atom. The number of hydrogen-bond donors (Lipinski definition) is 2. The molecular weight excluding hydrogens is 252 g/mol. The molecule has 1 aromatic heterocycles. The Morgan fingerprint density at radius 3 is 3.00 bits per heavy atom. The van der Waals surface area contributed by atoms with Gasteiger partial charge in [0.15, 0.2) is 0 Å². The normalized spacial score (nSPS) is 18.3. The number of anilines is 1. The Labute approximate surface area is 120 Å². The SMILES string of the molecule is CNC(=O)c1cc(N(CC2CCCN2)C(C)C)ccn1. The highest BCUT2D eigenvalue weighted by Gasteiger charge is 2.20. The fourth-order valence-electron chi connectivity index (χ4n) is 2.61. The molecule has 2 N–H and O–H groups in total. The van der Waals surface area contributed by atoms with Crippen molar-refractivity contribution >= 4 is 11.6 Å². The van der Waals surface area contributed by atoms with Crippen LogP contribution in [-0.2, 0) is 0 Å². The van der Waals surface area contributed by atoms with Gasteiger partial charge in [-0.2, -0.15) is 0 Å². The van der Waals surface area contributed by atoms with Crippen LogP contribution in [-0.4, -0.2) is 43.1 Å². The fourth-order valence-corrected chi connectivity index (χ4v) is 2.61. The van der Waals surface area contributed by atoms with Gasteiger partial charge in [-0.05, 0) is 45.4 Å². The maximum atomic E-state index is 11.7. The quantitative estimate of drug-likeness (QED) is 0.854. The largest absolute Gasteiger partial charge is 0.367 e. The smallest absolute Gasteiger partial charge is 0.269 e. The van der Waals surface area contributed by atoms with Gasteiger partial charge < -0.3 is 15.5 Å². The summed E-state index contributed by atoms with van der Waals surface area (Å²) in [5.74, 6) is -0.144. The van der Waals surface area contributed by atoms with Gasteiger partial charge in [-0.15, -0.1) is 0 Å². The second-order valence-electron chi connectivity index (χ2n) is 5.52. The van der Waals surface area contributed by atoms with Crippen LogP contribution in [0.2, 0.25) is 0 Å². The Kier molecular flexibility index (Phi) is 4.95. The fraction of sp³-hybridized carbons (Fsp3) is 0.600. The standard InChI is InChI=1S/C15H24N4O/c1-11(2)19(10-12-5-4-7-17-12)13-6-8-18-14(9-13)15(20)16-3/h6,8-9,11-12,17H,4-5,7,10H2,1-3H3,(H,16,20). The maximum absolute atomic E-state index is 11.7. The van der Waals surface area contributed by atoms with Crippen LogP contribution in [0.25, 0.3) is 0 Å². The summed E-state index contributed by atoms with van der Waals surface area (Å²) in [7, 11) is 1.62. The van der Waals surface area contributed by atoms with Crippen molar-refractivity contribution in [2.45, 2.75) is 38.8 Å². The summed E-state index contributed by atoms with van der Waals surface area (Å²) in [6.45, 7) is 6.43. The van der Waals surface area contributed by atoms with E-state index >= 15 is 0 Å². The van der Waals surface area contributed by atoms with Crippen molar-refractivity contribution in [3.8, 4) is 0 Å². The topological polar surface area (TPSA) is 57.3 Å². The van der Waals surface area contributed by atoms with Crippen LogP contribution in [0.3, 0.4) is 0 Å². The highest BCUT2D eigenvalue weighted by Crippen LogP contribution is 2.20. The maximum Gasteiger partial charge on any atom is 0.269 e. The molecule has 1 saturated heterocycles. The van der Waals surface area contributed by atoms with Crippen molar-refractivity contribution < 1.29 is 4.79 Å². The van der Waals surface area contributed by atoms with E-state index in [-0.39, 0.29) is 5.91 Å². The average Bonchev–Trinajstić information content (AvgIpc) is 2.96. The predicted octanol–water partition coefficient (Wildman–Crippen LogP) is 1.41. The van der Waals surface area contributed by atoms with E-state index in [0.29, 0.717) is 17.8 Å². The number of rotatable bonds is 5. The number of hydrogen-bond acceptors (Lipinski definition) is 4. The van der Waals surface area contributed by atoms with Gasteiger partial charge >= 0.3 is 0 Å². The van der Waals surface area contributed by atoms with Crippen molar-refractivity contribution in [2.75, 3.05) is 25.0 Å². The van der Waals surface area contributed by atoms with E-state index in [2.05, 4.69) is 34.4 Å². The van der Waals surface area contributed by atoms with Gasteiger partial charge in [-0.25, -0.2) is 0 Å². The van der Waals surface area contributed by atoms with Crippen LogP contribution in [0.5, 0.6) is 0 Å². The summed E-state index contributed by atoms with van der Waals surface area (Å²) in [4.78, 5) is 18.2. The van der Waals surface area contributed by atoms with Crippen LogP contribution in [0.4, 0.5) is 5.69 Å². The molecule has 1 atom stereocenters. The number of nitrogens with zero attached hydrogens (tertiary/aromatic N) is 2. The lowest BCUT2D eigenvalue weighted by Crippen LogP contribution is -2.41. The van der Waals surface area contributed by atoms with Gasteiger partial charge in [0.2, 0.25) is 0 Å². The summed E-state index contributed by atoms with van der Waals surface area (Å²) >= 11 is 0. The second kappa shape index (κ2) is 6.70. The monoisotopic (exact) mass is 276 g/mol. The lowest BCUT2D eigenvalue weighted by Gasteiger charge is -2.31. The van der Waals surface area contributed by atoms with Crippen molar-refractivity contribution in [1.82, 2.24) is 15.6 Å². The minimum Gasteiger partial charge on any atom is -0.367 e. The van der Waals surface area contributed by atoms with E-state index in [4.69, 9.17) is 0 Å². The molecule has 5 heteroatoms. The van der Waals surface area contributed by atoms with Gasteiger partial charge in [0.05, 0.1) is 0 Å². The van der Waals surface area contributed by atoms with Crippen molar-refractivity contribution in [2.24, 2.45) is 0 Å². The molecule has 1 fully saturated rings. The molecule has 1 aliphatic heterocycles. The number of aromatic nitrogens is 1. The summed E-state index contributed by atoms with van der Waals surface area (Å²) in [5, 5.41) is 6.14. The van der Waals surface area contributed by atoms with E-state index in [0.717, 1.165) is 18.8 Å². The van der Waals surface area contributed by atoms with Gasteiger partial charge in [0, 0.05) is 37.6 Å². The van der Waals surface area contributed by atoms with Gasteiger partial charge in [-0.3, -0.25) is 9.78 Å². The summed E-state index contributed by atoms with van der Waals surface area (Å²) in [6.07, 6.45) is 4.17. The molecule has 5 nitrogen and oxygen atoms in total. The zero-order valence-corrected chi connectivity index (χ0v) is 12.5. The van der Waals surface area contributed by atoms with Crippen LogP contribution in [0, 0.1) is 0 Å². The molecule has 2 rings (SSSR count). The minimum atomic E-state index is -0.144. The van der Waals surface area contributed by atoms with E-state index in [1.54, 1.807) is 13.2 Å². The first-order chi connectivity index (χ1) is 9.61. The molecule has 0 saturated carbocycles. The van der Waals surface area contributed by atoms with E-state index in [1.807, 2.05) is 12.1 Å². The molecule has 2 heterocycles. The Morgan fingerprint density at radius 1 is 1.60 bits per heavy atom. The molecular formula is C15H24N4O. The number of amides is 1. The number of carbonyl (C=O) groups is 1. The van der Waals surface area contributed by atoms with Crippen LogP contribution in [0.1, 0.15) is 37.2 Å². The predicted molar refractivity (Wildman–Crippen MR) is 81.1 cm³/mol. The summed E-state index contributed by atoms with van der Waals surface area (Å²) < 4.78 is 0. The van der Waals surface area contributed by atoms with Crippen LogP contribution in [0.15, 0.2) is 18.3 Å². The van der Waals surface area contributed by atoms with Gasteiger partial charge in [0.25, 0.3) is 5.91 Å². The summed E-state index contributed by atoms with van der Waals surface area (Å²) in [5.41, 5.74) is 1.53. The van der Waals surface area contributed by atoms with Gasteiger partial charge in [0.1, 0.15) is 5.69 Å². The molecule has 1 amide bonds. The van der Waals surface area contributed by atoms with E-state index < -0.39 is 0 Å². The molecule has 1 unspecified atom stereocenters. The number of pyridine rings is 1. The Hall–Kier alpha value is -1.62. The highest BCUT2D eigenvalue weighted by molar-refractivity contribution is 5.92. The first kappa shape index (κ1) is 14.8. The lowest BCUT2D eigenvalue weighted by atomic mass is 10.1. The third-order valence-electron chi connectivity index (χ3n) is 3.74. The first-order valence-corrected chi connectivity index (χ1v) is 7.30. The molecule has 110 valence electrons. The van der Waals surface area contributed by atoms with Gasteiger partial charge in [-0.1, -0.05) is 0 Å². The third-order valence-corrected chi connectivity index (χ3v) is 3.74. The van der Waals surface area contributed by atoms with E-state index in [9.17, 15) is 4.79 Å². The third kappa shape index (κ3) is 3.48. The van der Waals surface area contributed by atoms with Crippen LogP contribution >= 0.6 is 0 Å². The first-order valence-electron chi connectivity index (χ1n) is 7.30.